The number of hydrogen-bond donors (Lipinski definition) is 0. The molecule has 0 spiro atoms. The lowest BCUT2D eigenvalue weighted by Crippen LogP contribution is -2.07. The number of rotatable bonds is 4. The summed E-state index contributed by atoms with van der Waals surface area (Å²) in [6, 6.07) is 9.50. The van der Waals surface area contributed by atoms with Crippen LogP contribution in [0.2, 0.25) is 0 Å². The first-order chi connectivity index (χ1) is 9.46. The van der Waals surface area contributed by atoms with E-state index >= 15 is 0 Å². The van der Waals surface area contributed by atoms with Crippen molar-refractivity contribution in [3.8, 4) is 6.07 Å². The molecule has 4 nitrogen and oxygen atoms in total. The van der Waals surface area contributed by atoms with E-state index in [-0.39, 0.29) is 4.75 Å². The highest BCUT2D eigenvalue weighted by atomic mass is 32.2. The van der Waals surface area contributed by atoms with Crippen LogP contribution in [0.1, 0.15) is 43.6 Å². The van der Waals surface area contributed by atoms with E-state index in [0.717, 1.165) is 17.1 Å². The van der Waals surface area contributed by atoms with Gasteiger partial charge < -0.3 is 4.52 Å². The van der Waals surface area contributed by atoms with Crippen molar-refractivity contribution in [2.24, 2.45) is 0 Å². The molecular formula is C15H17N3OS. The SMILES string of the molecule is CC(C)(C)SCc1noc(Cc2ccc(C#N)cc2)n1. The summed E-state index contributed by atoms with van der Waals surface area (Å²) in [5, 5.41) is 12.7. The Labute approximate surface area is 123 Å². The molecule has 0 aliphatic heterocycles. The zero-order chi connectivity index (χ0) is 14.6. The molecule has 0 atom stereocenters. The van der Waals surface area contributed by atoms with E-state index in [1.807, 2.05) is 12.1 Å². The molecule has 1 aromatic carbocycles. The Bertz CT molecular complexity index is 605. The maximum absolute atomic E-state index is 8.75. The fraction of sp³-hybridized carbons (Fsp3) is 0.400. The zero-order valence-corrected chi connectivity index (χ0v) is 12.7. The average molecular weight is 287 g/mol. The van der Waals surface area contributed by atoms with Gasteiger partial charge in [0.05, 0.1) is 23.8 Å². The van der Waals surface area contributed by atoms with Crippen LogP contribution in [-0.2, 0) is 12.2 Å². The summed E-state index contributed by atoms with van der Waals surface area (Å²) in [6.07, 6.45) is 0.596. The molecule has 0 unspecified atom stereocenters. The van der Waals surface area contributed by atoms with Crippen LogP contribution >= 0.6 is 11.8 Å². The number of nitrogens with zero attached hydrogens (tertiary/aromatic N) is 3. The summed E-state index contributed by atoms with van der Waals surface area (Å²) in [5.74, 6) is 2.09. The molecular weight excluding hydrogens is 270 g/mol. The molecule has 0 amide bonds. The Morgan fingerprint density at radius 2 is 1.95 bits per heavy atom. The Kier molecular flexibility index (Phi) is 4.46. The Morgan fingerprint density at radius 3 is 2.55 bits per heavy atom. The Hall–Kier alpha value is -1.80. The first-order valence-corrected chi connectivity index (χ1v) is 7.39. The number of benzene rings is 1. The normalized spacial score (nSPS) is 11.3. The third-order valence-electron chi connectivity index (χ3n) is 2.58. The van der Waals surface area contributed by atoms with Gasteiger partial charge in [-0.15, -0.1) is 11.8 Å². The van der Waals surface area contributed by atoms with Gasteiger partial charge in [0.1, 0.15) is 0 Å². The number of hydrogen-bond acceptors (Lipinski definition) is 5. The maximum atomic E-state index is 8.75. The van der Waals surface area contributed by atoms with Gasteiger partial charge in [-0.25, -0.2) is 0 Å². The molecule has 0 bridgehead atoms. The van der Waals surface area contributed by atoms with Crippen LogP contribution in [0.4, 0.5) is 0 Å². The summed E-state index contributed by atoms with van der Waals surface area (Å²) >= 11 is 1.79. The molecule has 104 valence electrons. The molecule has 2 aromatic rings. The second kappa shape index (κ2) is 6.10. The monoisotopic (exact) mass is 287 g/mol. The first kappa shape index (κ1) is 14.6. The molecule has 0 fully saturated rings. The molecule has 20 heavy (non-hydrogen) atoms. The lowest BCUT2D eigenvalue weighted by atomic mass is 10.1. The highest BCUT2D eigenvalue weighted by molar-refractivity contribution is 7.99. The van der Waals surface area contributed by atoms with Gasteiger partial charge in [-0.05, 0) is 17.7 Å². The molecule has 2 rings (SSSR count). The summed E-state index contributed by atoms with van der Waals surface area (Å²) in [4.78, 5) is 4.39. The van der Waals surface area contributed by atoms with Gasteiger partial charge in [0.2, 0.25) is 5.89 Å². The lowest BCUT2D eigenvalue weighted by Gasteiger charge is -2.15. The summed E-state index contributed by atoms with van der Waals surface area (Å²) in [7, 11) is 0. The van der Waals surface area contributed by atoms with Crippen LogP contribution in [0.15, 0.2) is 28.8 Å². The van der Waals surface area contributed by atoms with Crippen molar-refractivity contribution in [3.63, 3.8) is 0 Å². The van der Waals surface area contributed by atoms with Crippen LogP contribution in [0, 0.1) is 11.3 Å². The van der Waals surface area contributed by atoms with Gasteiger partial charge in [-0.3, -0.25) is 0 Å². The van der Waals surface area contributed by atoms with E-state index in [2.05, 4.69) is 37.0 Å². The van der Waals surface area contributed by atoms with Crippen LogP contribution in [0.25, 0.3) is 0 Å². The fourth-order valence-electron chi connectivity index (χ4n) is 1.57. The predicted octanol–water partition coefficient (Wildman–Crippen LogP) is 3.56. The van der Waals surface area contributed by atoms with E-state index in [9.17, 15) is 0 Å². The molecule has 1 aromatic heterocycles. The maximum Gasteiger partial charge on any atom is 0.231 e. The minimum atomic E-state index is 0.188. The topological polar surface area (TPSA) is 62.7 Å². The molecule has 0 aliphatic carbocycles. The van der Waals surface area contributed by atoms with Crippen molar-refractivity contribution in [2.45, 2.75) is 37.7 Å². The van der Waals surface area contributed by atoms with E-state index in [0.29, 0.717) is 17.9 Å². The van der Waals surface area contributed by atoms with Gasteiger partial charge in [-0.2, -0.15) is 10.2 Å². The summed E-state index contributed by atoms with van der Waals surface area (Å²) in [6.45, 7) is 6.49. The highest BCUT2D eigenvalue weighted by Gasteiger charge is 2.14. The third kappa shape index (κ3) is 4.39. The minimum Gasteiger partial charge on any atom is -0.339 e. The van der Waals surface area contributed by atoms with Crippen molar-refractivity contribution in [1.29, 1.82) is 5.26 Å². The summed E-state index contributed by atoms with van der Waals surface area (Å²) < 4.78 is 5.44. The molecule has 0 saturated carbocycles. The van der Waals surface area contributed by atoms with Crippen LogP contribution < -0.4 is 0 Å². The van der Waals surface area contributed by atoms with Gasteiger partial charge in [0.15, 0.2) is 5.82 Å². The number of nitriles is 1. The van der Waals surface area contributed by atoms with Crippen molar-refractivity contribution >= 4 is 11.8 Å². The highest BCUT2D eigenvalue weighted by Crippen LogP contribution is 2.26. The molecule has 0 aliphatic rings. The lowest BCUT2D eigenvalue weighted by molar-refractivity contribution is 0.381. The van der Waals surface area contributed by atoms with Gasteiger partial charge in [0, 0.05) is 4.75 Å². The van der Waals surface area contributed by atoms with Crippen LogP contribution in [0.5, 0.6) is 0 Å². The molecule has 1 heterocycles. The largest absolute Gasteiger partial charge is 0.339 e. The van der Waals surface area contributed by atoms with E-state index in [1.54, 1.807) is 23.9 Å². The third-order valence-corrected chi connectivity index (χ3v) is 3.85. The fourth-order valence-corrected chi connectivity index (χ4v) is 2.25. The predicted molar refractivity (Wildman–Crippen MR) is 79.3 cm³/mol. The smallest absolute Gasteiger partial charge is 0.231 e. The van der Waals surface area contributed by atoms with Gasteiger partial charge in [-0.1, -0.05) is 38.1 Å². The second-order valence-corrected chi connectivity index (χ2v) is 7.29. The number of thioether (sulfide) groups is 1. The van der Waals surface area contributed by atoms with E-state index in [4.69, 9.17) is 9.78 Å². The zero-order valence-electron chi connectivity index (χ0n) is 11.9. The average Bonchev–Trinajstić information content (AvgIpc) is 2.84. The minimum absolute atomic E-state index is 0.188. The van der Waals surface area contributed by atoms with Crippen molar-refractivity contribution < 1.29 is 4.52 Å². The van der Waals surface area contributed by atoms with E-state index < -0.39 is 0 Å². The molecule has 5 heteroatoms. The Morgan fingerprint density at radius 1 is 1.25 bits per heavy atom. The summed E-state index contributed by atoms with van der Waals surface area (Å²) in [5.41, 5.74) is 1.71. The molecule has 0 saturated heterocycles. The van der Waals surface area contributed by atoms with E-state index in [1.165, 1.54) is 0 Å². The van der Waals surface area contributed by atoms with Crippen LogP contribution in [-0.4, -0.2) is 14.9 Å². The standard InChI is InChI=1S/C15H17N3OS/c1-15(2,3)20-10-13-17-14(19-18-13)8-11-4-6-12(9-16)7-5-11/h4-7H,8,10H2,1-3H3. The molecule has 0 radical (unpaired) electrons. The van der Waals surface area contributed by atoms with Crippen molar-refractivity contribution in [3.05, 3.63) is 47.1 Å². The first-order valence-electron chi connectivity index (χ1n) is 6.41. The molecule has 0 N–H and O–H groups in total. The van der Waals surface area contributed by atoms with Crippen molar-refractivity contribution in [2.75, 3.05) is 0 Å². The quantitative estimate of drug-likeness (QED) is 0.860. The van der Waals surface area contributed by atoms with Crippen molar-refractivity contribution in [1.82, 2.24) is 10.1 Å². The van der Waals surface area contributed by atoms with Gasteiger partial charge in [0.25, 0.3) is 0 Å². The number of aromatic nitrogens is 2. The van der Waals surface area contributed by atoms with Crippen LogP contribution in [0.3, 0.4) is 0 Å². The Balaban J connectivity index is 1.97. The van der Waals surface area contributed by atoms with Gasteiger partial charge >= 0.3 is 0 Å². The second-order valence-electron chi connectivity index (χ2n) is 5.49.